The van der Waals surface area contributed by atoms with E-state index in [9.17, 15) is 9.18 Å². The summed E-state index contributed by atoms with van der Waals surface area (Å²) in [5.74, 6) is -0.904. The van der Waals surface area contributed by atoms with Gasteiger partial charge in [-0.1, -0.05) is 13.8 Å². The third-order valence-corrected chi connectivity index (χ3v) is 3.70. The van der Waals surface area contributed by atoms with E-state index in [4.69, 9.17) is 5.11 Å². The lowest BCUT2D eigenvalue weighted by molar-refractivity contribution is 0.0696. The molecule has 0 unspecified atom stereocenters. The van der Waals surface area contributed by atoms with Gasteiger partial charge in [0, 0.05) is 39.3 Å². The molecule has 0 bridgehead atoms. The second-order valence-electron chi connectivity index (χ2n) is 6.12. The van der Waals surface area contributed by atoms with Crippen molar-refractivity contribution in [2.75, 3.05) is 32.7 Å². The zero-order chi connectivity index (χ0) is 15.4. The van der Waals surface area contributed by atoms with Gasteiger partial charge in [0.05, 0.1) is 5.56 Å². The average Bonchev–Trinajstić information content (AvgIpc) is 2.39. The van der Waals surface area contributed by atoms with Gasteiger partial charge in [0.15, 0.2) is 0 Å². The van der Waals surface area contributed by atoms with Crippen LogP contribution in [-0.4, -0.2) is 53.6 Å². The molecule has 0 spiro atoms. The molecule has 0 radical (unpaired) electrons. The molecule has 21 heavy (non-hydrogen) atoms. The second kappa shape index (κ2) is 7.00. The van der Waals surface area contributed by atoms with Crippen molar-refractivity contribution in [3.05, 3.63) is 35.1 Å². The minimum absolute atomic E-state index is 0.0171. The minimum Gasteiger partial charge on any atom is -0.478 e. The highest BCUT2D eigenvalue weighted by atomic mass is 19.1. The molecule has 2 rings (SSSR count). The third-order valence-electron chi connectivity index (χ3n) is 3.70. The Hall–Kier alpha value is -1.46. The molecule has 0 aliphatic carbocycles. The number of carboxylic acid groups (broad SMARTS) is 1. The first-order chi connectivity index (χ1) is 9.94. The van der Waals surface area contributed by atoms with Gasteiger partial charge < -0.3 is 10.0 Å². The molecule has 5 heteroatoms. The van der Waals surface area contributed by atoms with Crippen molar-refractivity contribution in [1.82, 2.24) is 9.80 Å². The van der Waals surface area contributed by atoms with Gasteiger partial charge in [-0.3, -0.25) is 4.90 Å². The number of nitrogens with zero attached hydrogens (tertiary/aromatic N) is 2. The minimum atomic E-state index is -1.09. The fraction of sp³-hybridized carbons (Fsp3) is 0.562. The van der Waals surface area contributed by atoms with Crippen molar-refractivity contribution in [3.8, 4) is 0 Å². The van der Waals surface area contributed by atoms with Crippen LogP contribution in [0.25, 0.3) is 0 Å². The Morgan fingerprint density at radius 3 is 2.38 bits per heavy atom. The maximum atomic E-state index is 13.5. The van der Waals surface area contributed by atoms with Crippen molar-refractivity contribution in [2.45, 2.75) is 20.4 Å². The van der Waals surface area contributed by atoms with Crippen molar-refractivity contribution < 1.29 is 14.3 Å². The van der Waals surface area contributed by atoms with Crippen molar-refractivity contribution >= 4 is 5.97 Å². The van der Waals surface area contributed by atoms with Gasteiger partial charge in [-0.2, -0.15) is 0 Å². The molecule has 1 N–H and O–H groups in total. The van der Waals surface area contributed by atoms with Crippen LogP contribution >= 0.6 is 0 Å². The van der Waals surface area contributed by atoms with Crippen LogP contribution < -0.4 is 0 Å². The Labute approximate surface area is 125 Å². The van der Waals surface area contributed by atoms with E-state index in [1.54, 1.807) is 6.07 Å². The molecule has 116 valence electrons. The first-order valence-corrected chi connectivity index (χ1v) is 7.41. The quantitative estimate of drug-likeness (QED) is 0.905. The zero-order valence-electron chi connectivity index (χ0n) is 12.7. The number of carbonyl (C=O) groups is 1. The monoisotopic (exact) mass is 294 g/mol. The Morgan fingerprint density at radius 1 is 1.19 bits per heavy atom. The average molecular weight is 294 g/mol. The summed E-state index contributed by atoms with van der Waals surface area (Å²) in [6.07, 6.45) is 0. The smallest absolute Gasteiger partial charge is 0.335 e. The predicted molar refractivity (Wildman–Crippen MR) is 79.9 cm³/mol. The molecule has 0 amide bonds. The number of rotatable bonds is 5. The molecule has 1 saturated heterocycles. The molecule has 1 aromatic carbocycles. The summed E-state index contributed by atoms with van der Waals surface area (Å²) >= 11 is 0. The molecule has 1 aromatic rings. The first kappa shape index (κ1) is 15.9. The van der Waals surface area contributed by atoms with E-state index in [1.807, 2.05) is 0 Å². The summed E-state index contributed by atoms with van der Waals surface area (Å²) in [5, 5.41) is 8.97. The van der Waals surface area contributed by atoms with E-state index < -0.39 is 11.8 Å². The predicted octanol–water partition coefficient (Wildman–Crippen LogP) is 2.30. The van der Waals surface area contributed by atoms with Crippen molar-refractivity contribution in [2.24, 2.45) is 5.92 Å². The van der Waals surface area contributed by atoms with E-state index in [-0.39, 0.29) is 5.56 Å². The van der Waals surface area contributed by atoms with E-state index in [1.165, 1.54) is 6.07 Å². The highest BCUT2D eigenvalue weighted by Crippen LogP contribution is 2.14. The fourth-order valence-electron chi connectivity index (χ4n) is 2.77. The van der Waals surface area contributed by atoms with Crippen LogP contribution in [-0.2, 0) is 6.54 Å². The van der Waals surface area contributed by atoms with Gasteiger partial charge in [-0.05, 0) is 29.7 Å². The number of halogens is 1. The van der Waals surface area contributed by atoms with E-state index in [0.29, 0.717) is 12.5 Å². The van der Waals surface area contributed by atoms with Crippen LogP contribution in [0.1, 0.15) is 29.8 Å². The van der Waals surface area contributed by atoms with Gasteiger partial charge in [0.1, 0.15) is 5.82 Å². The van der Waals surface area contributed by atoms with Crippen LogP contribution in [0.3, 0.4) is 0 Å². The van der Waals surface area contributed by atoms with Crippen molar-refractivity contribution in [1.29, 1.82) is 0 Å². The van der Waals surface area contributed by atoms with Crippen LogP contribution in [0.2, 0.25) is 0 Å². The maximum absolute atomic E-state index is 13.5. The lowest BCUT2D eigenvalue weighted by atomic mass is 10.1. The molecule has 1 fully saturated rings. The van der Waals surface area contributed by atoms with E-state index in [0.717, 1.165) is 44.4 Å². The third kappa shape index (κ3) is 4.79. The zero-order valence-corrected chi connectivity index (χ0v) is 12.7. The van der Waals surface area contributed by atoms with Gasteiger partial charge in [-0.15, -0.1) is 0 Å². The van der Waals surface area contributed by atoms with Gasteiger partial charge in [0.25, 0.3) is 0 Å². The highest BCUT2D eigenvalue weighted by Gasteiger charge is 2.18. The lowest BCUT2D eigenvalue weighted by Gasteiger charge is -2.35. The number of hydrogen-bond donors (Lipinski definition) is 1. The van der Waals surface area contributed by atoms with Crippen LogP contribution in [0, 0.1) is 11.7 Å². The van der Waals surface area contributed by atoms with E-state index in [2.05, 4.69) is 23.6 Å². The number of hydrogen-bond acceptors (Lipinski definition) is 3. The summed E-state index contributed by atoms with van der Waals surface area (Å²) in [5.41, 5.74) is 0.744. The summed E-state index contributed by atoms with van der Waals surface area (Å²) < 4.78 is 13.5. The maximum Gasteiger partial charge on any atom is 0.335 e. The Bertz CT molecular complexity index is 497. The number of carboxylic acids is 1. The first-order valence-electron chi connectivity index (χ1n) is 7.41. The number of benzene rings is 1. The van der Waals surface area contributed by atoms with Crippen LogP contribution in [0.5, 0.6) is 0 Å². The molecule has 0 atom stereocenters. The molecular weight excluding hydrogens is 271 g/mol. The molecule has 1 aliphatic rings. The molecule has 0 saturated carbocycles. The topological polar surface area (TPSA) is 43.8 Å². The van der Waals surface area contributed by atoms with Gasteiger partial charge in [-0.25, -0.2) is 9.18 Å². The highest BCUT2D eigenvalue weighted by molar-refractivity contribution is 5.87. The largest absolute Gasteiger partial charge is 0.478 e. The standard InChI is InChI=1S/C16H23FN2O2/c1-12(2)10-18-3-5-19(6-4-18)11-13-7-14(16(20)21)9-15(17)8-13/h7-9,12H,3-6,10-11H2,1-2H3,(H,20,21). The van der Waals surface area contributed by atoms with Gasteiger partial charge >= 0.3 is 5.97 Å². The number of piperazine rings is 1. The summed E-state index contributed by atoms with van der Waals surface area (Å²) in [4.78, 5) is 15.6. The van der Waals surface area contributed by atoms with E-state index >= 15 is 0 Å². The number of aromatic carboxylic acids is 1. The molecule has 0 aromatic heterocycles. The molecule has 1 heterocycles. The molecular formula is C16H23FN2O2. The second-order valence-corrected chi connectivity index (χ2v) is 6.12. The van der Waals surface area contributed by atoms with Crippen molar-refractivity contribution in [3.63, 3.8) is 0 Å². The SMILES string of the molecule is CC(C)CN1CCN(Cc2cc(F)cc(C(=O)O)c2)CC1. The summed E-state index contributed by atoms with van der Waals surface area (Å²) in [6, 6.07) is 4.05. The fourth-order valence-corrected chi connectivity index (χ4v) is 2.77. The Kier molecular flexibility index (Phi) is 5.31. The molecule has 4 nitrogen and oxygen atoms in total. The normalized spacial score (nSPS) is 17.3. The van der Waals surface area contributed by atoms with Crippen LogP contribution in [0.4, 0.5) is 4.39 Å². The lowest BCUT2D eigenvalue weighted by Crippen LogP contribution is -2.46. The summed E-state index contributed by atoms with van der Waals surface area (Å²) in [7, 11) is 0. The Morgan fingerprint density at radius 2 is 1.81 bits per heavy atom. The van der Waals surface area contributed by atoms with Gasteiger partial charge in [0.2, 0.25) is 0 Å². The molecule has 1 aliphatic heterocycles. The Balaban J connectivity index is 1.93. The summed E-state index contributed by atoms with van der Waals surface area (Å²) in [6.45, 7) is 10.0. The van der Waals surface area contributed by atoms with Crippen LogP contribution in [0.15, 0.2) is 18.2 Å².